The molecule has 6 nitrogen and oxygen atoms in total. The third kappa shape index (κ3) is 2.23. The van der Waals surface area contributed by atoms with Crippen molar-refractivity contribution in [2.75, 3.05) is 11.5 Å². The van der Waals surface area contributed by atoms with E-state index in [1.165, 1.54) is 0 Å². The second-order valence-electron chi connectivity index (χ2n) is 4.25. The molecule has 1 aromatic carbocycles. The molecule has 20 heavy (non-hydrogen) atoms. The predicted molar refractivity (Wildman–Crippen MR) is 79.5 cm³/mol. The first kappa shape index (κ1) is 12.6. The van der Waals surface area contributed by atoms with Crippen molar-refractivity contribution in [2.45, 2.75) is 13.0 Å². The predicted octanol–water partition coefficient (Wildman–Crippen LogP) is 2.39. The summed E-state index contributed by atoms with van der Waals surface area (Å²) in [5.74, 6) is 1.09. The fourth-order valence-corrected chi connectivity index (χ4v) is 2.59. The van der Waals surface area contributed by atoms with Crippen LogP contribution in [-0.2, 0) is 0 Å². The van der Waals surface area contributed by atoms with Gasteiger partial charge in [0.2, 0.25) is 5.95 Å². The maximum atomic E-state index is 5.94. The van der Waals surface area contributed by atoms with E-state index in [1.54, 1.807) is 17.5 Å². The molecule has 2 aromatic heterocycles. The first-order valence-corrected chi connectivity index (χ1v) is 6.91. The van der Waals surface area contributed by atoms with Gasteiger partial charge in [-0.25, -0.2) is 9.97 Å². The zero-order valence-corrected chi connectivity index (χ0v) is 11.6. The molecule has 0 aliphatic rings. The average molecular weight is 287 g/mol. The number of hydrogen-bond acceptors (Lipinski definition) is 7. The van der Waals surface area contributed by atoms with Gasteiger partial charge >= 0.3 is 0 Å². The molecule has 1 unspecified atom stereocenters. The first-order chi connectivity index (χ1) is 9.65. The number of nitrogens with two attached hydrogens (primary N) is 2. The van der Waals surface area contributed by atoms with Crippen LogP contribution in [0.15, 0.2) is 29.8 Å². The third-order valence-corrected chi connectivity index (χ3v) is 3.77. The molecule has 3 aromatic rings. The van der Waals surface area contributed by atoms with Gasteiger partial charge < -0.3 is 16.2 Å². The third-order valence-electron chi connectivity index (χ3n) is 2.83. The molecule has 0 bridgehead atoms. The highest BCUT2D eigenvalue weighted by Gasteiger charge is 2.14. The summed E-state index contributed by atoms with van der Waals surface area (Å²) < 4.78 is 5.94. The van der Waals surface area contributed by atoms with Gasteiger partial charge in [-0.15, -0.1) is 11.3 Å². The number of aromatic nitrogens is 3. The lowest BCUT2D eigenvalue weighted by Gasteiger charge is -2.14. The standard InChI is InChI=1S/C13H13N5OS/c1-7(12-16-5-6-20-12)19-9-4-2-3-8-10(9)11(14)18-13(15)17-8/h2-7H,1H3,(H4,14,15,17,18). The fourth-order valence-electron chi connectivity index (χ4n) is 1.97. The Hall–Kier alpha value is -2.41. The number of nitrogens with zero attached hydrogens (tertiary/aromatic N) is 3. The minimum absolute atomic E-state index is 0.153. The van der Waals surface area contributed by atoms with Crippen molar-refractivity contribution in [1.82, 2.24) is 15.0 Å². The lowest BCUT2D eigenvalue weighted by molar-refractivity contribution is 0.229. The van der Waals surface area contributed by atoms with Crippen molar-refractivity contribution < 1.29 is 4.74 Å². The average Bonchev–Trinajstić information content (AvgIpc) is 2.91. The van der Waals surface area contributed by atoms with E-state index in [0.717, 1.165) is 5.01 Å². The van der Waals surface area contributed by atoms with E-state index in [9.17, 15) is 0 Å². The van der Waals surface area contributed by atoms with Gasteiger partial charge in [0.15, 0.2) is 0 Å². The monoisotopic (exact) mass is 287 g/mol. The van der Waals surface area contributed by atoms with Crippen molar-refractivity contribution in [3.05, 3.63) is 34.8 Å². The van der Waals surface area contributed by atoms with Crippen LogP contribution < -0.4 is 16.2 Å². The van der Waals surface area contributed by atoms with Crippen molar-refractivity contribution in [3.8, 4) is 5.75 Å². The summed E-state index contributed by atoms with van der Waals surface area (Å²) in [7, 11) is 0. The Morgan fingerprint density at radius 1 is 1.25 bits per heavy atom. The maximum Gasteiger partial charge on any atom is 0.222 e. The maximum absolute atomic E-state index is 5.94. The first-order valence-electron chi connectivity index (χ1n) is 6.03. The van der Waals surface area contributed by atoms with Crippen LogP contribution in [0.5, 0.6) is 5.75 Å². The van der Waals surface area contributed by atoms with Crippen molar-refractivity contribution in [2.24, 2.45) is 0 Å². The normalized spacial score (nSPS) is 12.4. The van der Waals surface area contributed by atoms with Crippen LogP contribution >= 0.6 is 11.3 Å². The summed E-state index contributed by atoms with van der Waals surface area (Å²) in [6, 6.07) is 5.51. The van der Waals surface area contributed by atoms with Gasteiger partial charge in [-0.05, 0) is 19.1 Å². The number of hydrogen-bond donors (Lipinski definition) is 2. The quantitative estimate of drug-likeness (QED) is 0.767. The molecule has 0 spiro atoms. The van der Waals surface area contributed by atoms with Crippen LogP contribution in [0.2, 0.25) is 0 Å². The molecule has 0 saturated carbocycles. The molecule has 0 radical (unpaired) electrons. The van der Waals surface area contributed by atoms with E-state index < -0.39 is 0 Å². The molecule has 0 aliphatic heterocycles. The Morgan fingerprint density at radius 2 is 2.10 bits per heavy atom. The van der Waals surface area contributed by atoms with Crippen molar-refractivity contribution in [3.63, 3.8) is 0 Å². The van der Waals surface area contributed by atoms with Gasteiger partial charge in [-0.2, -0.15) is 4.98 Å². The van der Waals surface area contributed by atoms with Gasteiger partial charge in [0.1, 0.15) is 22.7 Å². The zero-order valence-electron chi connectivity index (χ0n) is 10.8. The SMILES string of the molecule is CC(Oc1cccc2nc(N)nc(N)c12)c1nccs1. The Morgan fingerprint density at radius 3 is 2.85 bits per heavy atom. The highest BCUT2D eigenvalue weighted by molar-refractivity contribution is 7.09. The topological polar surface area (TPSA) is 99.9 Å². The molecule has 102 valence electrons. The number of thiazole rings is 1. The second kappa shape index (κ2) is 4.93. The van der Waals surface area contributed by atoms with E-state index in [4.69, 9.17) is 16.2 Å². The van der Waals surface area contributed by atoms with Crippen molar-refractivity contribution in [1.29, 1.82) is 0 Å². The van der Waals surface area contributed by atoms with Crippen molar-refractivity contribution >= 4 is 34.0 Å². The van der Waals surface area contributed by atoms with Crippen LogP contribution in [0.25, 0.3) is 10.9 Å². The molecule has 1 atom stereocenters. The smallest absolute Gasteiger partial charge is 0.222 e. The number of nitrogen functional groups attached to an aromatic ring is 2. The molecule has 4 N–H and O–H groups in total. The number of benzene rings is 1. The van der Waals surface area contributed by atoms with Gasteiger partial charge in [-0.3, -0.25) is 0 Å². The molecule has 0 fully saturated rings. The minimum Gasteiger partial charge on any atom is -0.483 e. The largest absolute Gasteiger partial charge is 0.483 e. The summed E-state index contributed by atoms with van der Waals surface area (Å²) in [5.41, 5.74) is 12.2. The van der Waals surface area contributed by atoms with Crippen LogP contribution in [0.1, 0.15) is 18.0 Å². The Labute approximate surface area is 119 Å². The van der Waals surface area contributed by atoms with Gasteiger partial charge in [0.25, 0.3) is 0 Å². The number of anilines is 2. The summed E-state index contributed by atoms with van der Waals surface area (Å²) in [5, 5.41) is 3.48. The van der Waals surface area contributed by atoms with Gasteiger partial charge in [0, 0.05) is 11.6 Å². The van der Waals surface area contributed by atoms with Crippen LogP contribution in [-0.4, -0.2) is 15.0 Å². The van der Waals surface area contributed by atoms with Gasteiger partial charge in [-0.1, -0.05) is 6.07 Å². The van der Waals surface area contributed by atoms with E-state index in [2.05, 4.69) is 15.0 Å². The number of ether oxygens (including phenoxy) is 1. The molecule has 0 aliphatic carbocycles. The van der Waals surface area contributed by atoms with Crippen LogP contribution in [0.3, 0.4) is 0 Å². The summed E-state index contributed by atoms with van der Waals surface area (Å²) in [6.07, 6.45) is 1.58. The molecule has 7 heteroatoms. The minimum atomic E-state index is -0.169. The van der Waals surface area contributed by atoms with Crippen LogP contribution in [0.4, 0.5) is 11.8 Å². The molecule has 0 saturated heterocycles. The van der Waals surface area contributed by atoms with E-state index >= 15 is 0 Å². The Balaban J connectivity index is 2.04. The molecular formula is C13H13N5OS. The fraction of sp³-hybridized carbons (Fsp3) is 0.154. The highest BCUT2D eigenvalue weighted by atomic mass is 32.1. The lowest BCUT2D eigenvalue weighted by Crippen LogP contribution is -2.05. The highest BCUT2D eigenvalue weighted by Crippen LogP contribution is 2.32. The second-order valence-corrected chi connectivity index (χ2v) is 5.17. The molecular weight excluding hydrogens is 274 g/mol. The van der Waals surface area contributed by atoms with E-state index in [0.29, 0.717) is 22.5 Å². The summed E-state index contributed by atoms with van der Waals surface area (Å²) >= 11 is 1.54. The van der Waals surface area contributed by atoms with Gasteiger partial charge in [0.05, 0.1) is 10.9 Å². The van der Waals surface area contributed by atoms with E-state index in [1.807, 2.05) is 30.5 Å². The molecule has 3 rings (SSSR count). The summed E-state index contributed by atoms with van der Waals surface area (Å²) in [6.45, 7) is 1.94. The number of fused-ring (bicyclic) bond motifs is 1. The lowest BCUT2D eigenvalue weighted by atomic mass is 10.2. The molecule has 0 amide bonds. The van der Waals surface area contributed by atoms with Crippen LogP contribution in [0, 0.1) is 0 Å². The summed E-state index contributed by atoms with van der Waals surface area (Å²) in [4.78, 5) is 12.4. The Bertz CT molecular complexity index is 744. The zero-order chi connectivity index (χ0) is 14.1. The Kier molecular flexibility index (Phi) is 3.11. The molecule has 2 heterocycles. The number of rotatable bonds is 3. The van der Waals surface area contributed by atoms with E-state index in [-0.39, 0.29) is 12.1 Å².